The third-order valence-electron chi connectivity index (χ3n) is 4.91. The van der Waals surface area contributed by atoms with Crippen LogP contribution >= 0.6 is 0 Å². The molecule has 202 valence electrons. The molecule has 0 saturated heterocycles. The number of benzene rings is 2. The maximum absolute atomic E-state index is 12.9. The number of ether oxygens (including phenoxy) is 1. The molecule has 0 fully saturated rings. The summed E-state index contributed by atoms with van der Waals surface area (Å²) in [5, 5.41) is 14.2. The summed E-state index contributed by atoms with van der Waals surface area (Å²) in [5.74, 6) is -3.97. The Labute approximate surface area is 209 Å². The first-order valence-corrected chi connectivity index (χ1v) is 12.1. The van der Waals surface area contributed by atoms with Gasteiger partial charge in [0.1, 0.15) is 18.1 Å². The normalized spacial score (nSPS) is 13.5. The minimum atomic E-state index is -5.80. The number of alkyl halides is 3. The maximum atomic E-state index is 12.9. The molecule has 0 saturated carbocycles. The van der Waals surface area contributed by atoms with Gasteiger partial charge in [0.15, 0.2) is 6.61 Å². The number of halogens is 3. The fourth-order valence-corrected chi connectivity index (χ4v) is 3.67. The monoisotopic (exact) mass is 547 g/mol. The molecule has 0 spiro atoms. The van der Waals surface area contributed by atoms with Crippen molar-refractivity contribution in [2.75, 3.05) is 11.3 Å². The van der Waals surface area contributed by atoms with Gasteiger partial charge in [0.05, 0.1) is 18.2 Å². The van der Waals surface area contributed by atoms with Crippen LogP contribution in [0.15, 0.2) is 36.4 Å². The van der Waals surface area contributed by atoms with Crippen LogP contribution in [0.5, 0.6) is 5.75 Å². The van der Waals surface area contributed by atoms with E-state index in [1.165, 1.54) is 16.9 Å². The van der Waals surface area contributed by atoms with Gasteiger partial charge in [-0.15, -0.1) is 0 Å². The minimum absolute atomic E-state index is 0.234. The Balaban J connectivity index is 2.21. The molecule has 0 aliphatic carbocycles. The zero-order valence-electron chi connectivity index (χ0n) is 19.5. The Hall–Kier alpha value is -3.88. The van der Waals surface area contributed by atoms with E-state index < -0.39 is 70.0 Å². The highest BCUT2D eigenvalue weighted by molar-refractivity contribution is 7.93. The second-order valence-electron chi connectivity index (χ2n) is 8.17. The molecule has 0 bridgehead atoms. The summed E-state index contributed by atoms with van der Waals surface area (Å²) < 4.78 is 68.7. The van der Waals surface area contributed by atoms with Crippen molar-refractivity contribution < 1.29 is 50.6 Å². The number of carbonyl (C=O) groups is 4. The Bertz CT molecular complexity index is 1280. The summed E-state index contributed by atoms with van der Waals surface area (Å²) >= 11 is 0. The van der Waals surface area contributed by atoms with Gasteiger partial charge in [0.25, 0.3) is 5.91 Å². The van der Waals surface area contributed by atoms with Gasteiger partial charge in [0, 0.05) is 0 Å². The van der Waals surface area contributed by atoms with Crippen molar-refractivity contribution in [2.45, 2.75) is 37.9 Å². The minimum Gasteiger partial charge on any atom is -0.482 e. The van der Waals surface area contributed by atoms with Crippen LogP contribution in [0.4, 0.5) is 18.9 Å². The lowest BCUT2D eigenvalue weighted by Gasteiger charge is -2.23. The summed E-state index contributed by atoms with van der Waals surface area (Å²) in [7, 11) is -5.80. The second-order valence-corrected chi connectivity index (χ2v) is 9.85. The van der Waals surface area contributed by atoms with Crippen LogP contribution in [0.2, 0.25) is 0 Å². The van der Waals surface area contributed by atoms with Crippen LogP contribution in [0.3, 0.4) is 0 Å². The number of carboxylic acids is 1. The van der Waals surface area contributed by atoms with Gasteiger partial charge < -0.3 is 25.3 Å². The zero-order valence-corrected chi connectivity index (χ0v) is 20.4. The Morgan fingerprint density at radius 3 is 2.19 bits per heavy atom. The van der Waals surface area contributed by atoms with Crippen LogP contribution in [0, 0.1) is 5.92 Å². The molecule has 2 aromatic carbocycles. The standard InChI is InChI=1S/C22H24F3N3O8S/c1-12(2)20(21(33)26-15(10-29)9-19(31)32)27-18(30)11-36-17-8-14-6-4-3-5-13(14)7-16(17)28-37(34,35)22(23,24)25/h3-8,10,12,15,20,28H,9,11H2,1-2H3,(H,26,33)(H,27,30)(H,31,32). The number of rotatable bonds is 12. The number of hydrogen-bond acceptors (Lipinski definition) is 7. The number of fused-ring (bicyclic) bond motifs is 1. The highest BCUT2D eigenvalue weighted by atomic mass is 32.2. The predicted octanol–water partition coefficient (Wildman–Crippen LogP) is 1.78. The molecular weight excluding hydrogens is 523 g/mol. The molecule has 2 atom stereocenters. The summed E-state index contributed by atoms with van der Waals surface area (Å²) in [4.78, 5) is 46.8. The third-order valence-corrected chi connectivity index (χ3v) is 6.01. The first-order chi connectivity index (χ1) is 17.1. The van der Waals surface area contributed by atoms with E-state index in [1.54, 1.807) is 32.0 Å². The lowest BCUT2D eigenvalue weighted by atomic mass is 10.0. The van der Waals surface area contributed by atoms with Crippen molar-refractivity contribution in [1.29, 1.82) is 0 Å². The first kappa shape index (κ1) is 29.4. The highest BCUT2D eigenvalue weighted by Gasteiger charge is 2.46. The van der Waals surface area contributed by atoms with Crippen molar-refractivity contribution in [1.82, 2.24) is 10.6 Å². The number of aldehydes is 1. The smallest absolute Gasteiger partial charge is 0.482 e. The topological polar surface area (TPSA) is 168 Å². The van der Waals surface area contributed by atoms with Crippen molar-refractivity contribution in [3.63, 3.8) is 0 Å². The van der Waals surface area contributed by atoms with Crippen LogP contribution in [-0.2, 0) is 29.2 Å². The van der Waals surface area contributed by atoms with Gasteiger partial charge in [-0.05, 0) is 28.8 Å². The molecule has 2 rings (SSSR count). The van der Waals surface area contributed by atoms with Crippen LogP contribution in [0.25, 0.3) is 10.8 Å². The second kappa shape index (κ2) is 11.9. The Morgan fingerprint density at radius 1 is 1.08 bits per heavy atom. The number of anilines is 1. The van der Waals surface area contributed by atoms with E-state index in [0.717, 1.165) is 6.07 Å². The first-order valence-electron chi connectivity index (χ1n) is 10.7. The van der Waals surface area contributed by atoms with E-state index in [4.69, 9.17) is 9.84 Å². The number of nitrogens with one attached hydrogen (secondary N) is 3. The summed E-state index contributed by atoms with van der Waals surface area (Å²) in [5.41, 5.74) is -6.17. The Kier molecular flexibility index (Phi) is 9.44. The highest BCUT2D eigenvalue weighted by Crippen LogP contribution is 2.34. The van der Waals surface area contributed by atoms with Crippen molar-refractivity contribution >= 4 is 50.6 Å². The number of carboxylic acid groups (broad SMARTS) is 1. The maximum Gasteiger partial charge on any atom is 0.516 e. The molecule has 4 N–H and O–H groups in total. The van der Waals surface area contributed by atoms with E-state index in [9.17, 15) is 40.8 Å². The fourth-order valence-electron chi connectivity index (χ4n) is 3.11. The van der Waals surface area contributed by atoms with E-state index in [-0.39, 0.29) is 12.0 Å². The molecule has 2 unspecified atom stereocenters. The van der Waals surface area contributed by atoms with E-state index in [2.05, 4.69) is 10.6 Å². The number of hydrogen-bond donors (Lipinski definition) is 4. The van der Waals surface area contributed by atoms with Crippen molar-refractivity contribution in [3.8, 4) is 5.75 Å². The molecule has 2 aromatic rings. The van der Waals surface area contributed by atoms with Gasteiger partial charge in [-0.1, -0.05) is 38.1 Å². The fraction of sp³-hybridized carbons (Fsp3) is 0.364. The number of sulfonamides is 1. The molecule has 0 radical (unpaired) electrons. The summed E-state index contributed by atoms with van der Waals surface area (Å²) in [6.07, 6.45) is -0.437. The van der Waals surface area contributed by atoms with Crippen molar-refractivity contribution in [2.24, 2.45) is 5.92 Å². The molecular formula is C22H24F3N3O8S. The van der Waals surface area contributed by atoms with E-state index in [0.29, 0.717) is 10.8 Å². The summed E-state index contributed by atoms with van der Waals surface area (Å²) in [6.45, 7) is 2.31. The quantitative estimate of drug-likeness (QED) is 0.292. The SMILES string of the molecule is CC(C)C(NC(=O)COc1cc2ccccc2cc1NS(=O)(=O)C(F)(F)F)C(=O)NC(C=O)CC(=O)O. The van der Waals surface area contributed by atoms with Gasteiger partial charge in [-0.2, -0.15) is 21.6 Å². The lowest BCUT2D eigenvalue weighted by molar-refractivity contribution is -0.139. The van der Waals surface area contributed by atoms with Crippen molar-refractivity contribution in [3.05, 3.63) is 36.4 Å². The number of aliphatic carboxylic acids is 1. The largest absolute Gasteiger partial charge is 0.516 e. The molecule has 0 aliphatic heterocycles. The summed E-state index contributed by atoms with van der Waals surface area (Å²) in [6, 6.07) is 6.13. The van der Waals surface area contributed by atoms with Gasteiger partial charge in [-0.3, -0.25) is 19.1 Å². The number of carbonyl (C=O) groups excluding carboxylic acids is 3. The predicted molar refractivity (Wildman–Crippen MR) is 125 cm³/mol. The molecule has 0 aliphatic rings. The van der Waals surface area contributed by atoms with Gasteiger partial charge >= 0.3 is 21.5 Å². The molecule has 0 aromatic heterocycles. The van der Waals surface area contributed by atoms with Crippen LogP contribution in [0.1, 0.15) is 20.3 Å². The van der Waals surface area contributed by atoms with E-state index in [1.807, 2.05) is 0 Å². The molecule has 0 heterocycles. The Morgan fingerprint density at radius 2 is 1.68 bits per heavy atom. The van der Waals surface area contributed by atoms with Crippen LogP contribution in [-0.4, -0.2) is 61.8 Å². The molecule has 11 nitrogen and oxygen atoms in total. The van der Waals surface area contributed by atoms with Gasteiger partial charge in [-0.25, -0.2) is 0 Å². The molecule has 37 heavy (non-hydrogen) atoms. The zero-order chi connectivity index (χ0) is 28.0. The van der Waals surface area contributed by atoms with Gasteiger partial charge in [0.2, 0.25) is 5.91 Å². The number of amides is 2. The molecule has 2 amide bonds. The molecule has 15 heteroatoms. The average Bonchev–Trinajstić information content (AvgIpc) is 2.79. The van der Waals surface area contributed by atoms with Crippen LogP contribution < -0.4 is 20.1 Å². The lowest BCUT2D eigenvalue weighted by Crippen LogP contribution is -2.53. The third kappa shape index (κ3) is 8.06. The van der Waals surface area contributed by atoms with E-state index >= 15 is 0 Å². The average molecular weight is 548 g/mol.